The van der Waals surface area contributed by atoms with E-state index < -0.39 is 6.04 Å². The lowest BCUT2D eigenvalue weighted by Gasteiger charge is -2.31. The number of benzene rings is 2. The molecule has 6 rings (SSSR count). The first kappa shape index (κ1) is 25.4. The number of nitrogens with zero attached hydrogens (tertiary/aromatic N) is 2. The Morgan fingerprint density at radius 2 is 1.39 bits per heavy atom. The predicted molar refractivity (Wildman–Crippen MR) is 139 cm³/mol. The number of carbonyl (C=O) groups excluding carboxylic acids is 5. The standard InChI is InChI=1S/C15H16N2O2.C14H14N2O3/c1-9-4-3-5-11-8-17(15(19)13(9)11)12-7-6-10(2)16-14(12)18;1-8-3-2-4-9-10(8)7-16(14(9)19)11-5-6-12(17)15-13(11)18/h3-5,12H,2,6-8H2,1H3,(H,16,18);2-4,11H,5-7H2,1H3,(H,15,17,18). The number of aryl methyl sites for hydroxylation is 2. The molecule has 2 aromatic rings. The molecule has 9 nitrogen and oxygen atoms in total. The van der Waals surface area contributed by atoms with Gasteiger partial charge in [0, 0.05) is 36.3 Å². The Balaban J connectivity index is 0.000000155. The van der Waals surface area contributed by atoms with Crippen molar-refractivity contribution in [3.05, 3.63) is 82.1 Å². The van der Waals surface area contributed by atoms with E-state index in [-0.39, 0.29) is 42.0 Å². The minimum Gasteiger partial charge on any atom is -0.329 e. The summed E-state index contributed by atoms with van der Waals surface area (Å²) in [5, 5.41) is 5.04. The highest BCUT2D eigenvalue weighted by atomic mass is 16.2. The van der Waals surface area contributed by atoms with Gasteiger partial charge in [0.25, 0.3) is 11.8 Å². The summed E-state index contributed by atoms with van der Waals surface area (Å²) in [4.78, 5) is 63.1. The Labute approximate surface area is 220 Å². The van der Waals surface area contributed by atoms with Gasteiger partial charge in [-0.3, -0.25) is 29.3 Å². The van der Waals surface area contributed by atoms with Crippen LogP contribution in [0.15, 0.2) is 48.7 Å². The molecular weight excluding hydrogens is 484 g/mol. The summed E-state index contributed by atoms with van der Waals surface area (Å²) in [5.41, 5.74) is 6.21. The number of hydrogen-bond acceptors (Lipinski definition) is 5. The molecule has 2 saturated heterocycles. The van der Waals surface area contributed by atoms with Crippen LogP contribution in [-0.2, 0) is 27.5 Å². The summed E-state index contributed by atoms with van der Waals surface area (Å²) >= 11 is 0. The number of carbonyl (C=O) groups is 5. The molecule has 2 N–H and O–H groups in total. The second-order valence-corrected chi connectivity index (χ2v) is 10.2. The number of hydrogen-bond donors (Lipinski definition) is 2. The maximum Gasteiger partial charge on any atom is 0.255 e. The van der Waals surface area contributed by atoms with Crippen LogP contribution in [0, 0.1) is 13.8 Å². The number of rotatable bonds is 2. The Morgan fingerprint density at radius 1 is 0.763 bits per heavy atom. The van der Waals surface area contributed by atoms with Crippen LogP contribution in [0.25, 0.3) is 0 Å². The molecular formula is C29H30N4O5. The smallest absolute Gasteiger partial charge is 0.255 e. The highest BCUT2D eigenvalue weighted by Gasteiger charge is 2.40. The topological polar surface area (TPSA) is 116 Å². The van der Waals surface area contributed by atoms with E-state index in [0.29, 0.717) is 31.5 Å². The monoisotopic (exact) mass is 514 g/mol. The van der Waals surface area contributed by atoms with Crippen molar-refractivity contribution in [2.24, 2.45) is 0 Å². The van der Waals surface area contributed by atoms with Crippen LogP contribution in [-0.4, -0.2) is 51.4 Å². The number of nitrogens with one attached hydrogen (secondary N) is 2. The third-order valence-electron chi connectivity index (χ3n) is 7.69. The van der Waals surface area contributed by atoms with E-state index in [1.165, 1.54) is 0 Å². The normalized spacial score (nSPS) is 22.5. The van der Waals surface area contributed by atoms with E-state index in [2.05, 4.69) is 17.2 Å². The maximum absolute atomic E-state index is 12.5. The van der Waals surface area contributed by atoms with E-state index in [9.17, 15) is 24.0 Å². The Bertz CT molecular complexity index is 1360. The van der Waals surface area contributed by atoms with E-state index in [1.54, 1.807) is 15.9 Å². The number of imide groups is 1. The molecule has 4 aliphatic heterocycles. The van der Waals surface area contributed by atoms with Crippen molar-refractivity contribution in [1.29, 1.82) is 0 Å². The molecule has 2 fully saturated rings. The van der Waals surface area contributed by atoms with Crippen LogP contribution in [0.3, 0.4) is 0 Å². The molecule has 9 heteroatoms. The summed E-state index contributed by atoms with van der Waals surface area (Å²) in [5.74, 6) is -0.888. The van der Waals surface area contributed by atoms with Gasteiger partial charge in [-0.25, -0.2) is 0 Å². The number of fused-ring (bicyclic) bond motifs is 2. The van der Waals surface area contributed by atoms with E-state index in [4.69, 9.17) is 0 Å². The van der Waals surface area contributed by atoms with Crippen molar-refractivity contribution in [1.82, 2.24) is 20.4 Å². The Morgan fingerprint density at radius 3 is 2.05 bits per heavy atom. The van der Waals surface area contributed by atoms with Crippen LogP contribution in [0.2, 0.25) is 0 Å². The first-order valence-electron chi connectivity index (χ1n) is 12.8. The van der Waals surface area contributed by atoms with E-state index >= 15 is 0 Å². The first-order chi connectivity index (χ1) is 18.2. The van der Waals surface area contributed by atoms with Crippen LogP contribution >= 0.6 is 0 Å². The molecule has 0 bridgehead atoms. The van der Waals surface area contributed by atoms with Gasteiger partial charge in [0.15, 0.2) is 0 Å². The minimum atomic E-state index is -0.531. The fraction of sp³-hybridized carbons (Fsp3) is 0.345. The average Bonchev–Trinajstić information content (AvgIpc) is 3.38. The van der Waals surface area contributed by atoms with Gasteiger partial charge in [-0.15, -0.1) is 0 Å². The fourth-order valence-corrected chi connectivity index (χ4v) is 5.62. The molecule has 196 valence electrons. The van der Waals surface area contributed by atoms with Crippen molar-refractivity contribution < 1.29 is 24.0 Å². The van der Waals surface area contributed by atoms with Crippen molar-refractivity contribution >= 4 is 29.5 Å². The number of allylic oxidation sites excluding steroid dienone is 1. The SMILES string of the molecule is C=C1CCC(N2Cc3cccc(C)c3C2=O)C(=O)N1.Cc1cccc2c1CN(C1CCC(=O)NC1=O)C2=O. The van der Waals surface area contributed by atoms with Gasteiger partial charge in [-0.2, -0.15) is 0 Å². The number of amides is 5. The van der Waals surface area contributed by atoms with Crippen molar-refractivity contribution in [3.8, 4) is 0 Å². The minimum absolute atomic E-state index is 0.0271. The van der Waals surface area contributed by atoms with Gasteiger partial charge in [-0.1, -0.05) is 36.9 Å². The molecule has 2 unspecified atom stereocenters. The molecule has 4 aliphatic rings. The quantitative estimate of drug-likeness (QED) is 0.598. The lowest BCUT2D eigenvalue weighted by Crippen LogP contribution is -2.52. The van der Waals surface area contributed by atoms with Gasteiger partial charge in [0.2, 0.25) is 17.7 Å². The second kappa shape index (κ2) is 9.89. The molecule has 5 amide bonds. The Hall–Kier alpha value is -4.27. The molecule has 0 aliphatic carbocycles. The van der Waals surface area contributed by atoms with Crippen molar-refractivity contribution in [2.75, 3.05) is 0 Å². The van der Waals surface area contributed by atoms with Crippen molar-refractivity contribution in [3.63, 3.8) is 0 Å². The zero-order chi connectivity index (χ0) is 27.1. The van der Waals surface area contributed by atoms with E-state index in [1.807, 2.05) is 44.2 Å². The third kappa shape index (κ3) is 4.49. The highest BCUT2D eigenvalue weighted by molar-refractivity contribution is 6.05. The van der Waals surface area contributed by atoms with Gasteiger partial charge >= 0.3 is 0 Å². The Kier molecular flexibility index (Phi) is 6.60. The molecule has 0 spiro atoms. The molecule has 0 radical (unpaired) electrons. The fourth-order valence-electron chi connectivity index (χ4n) is 5.62. The van der Waals surface area contributed by atoms with Gasteiger partial charge in [0.1, 0.15) is 12.1 Å². The first-order valence-corrected chi connectivity index (χ1v) is 12.8. The van der Waals surface area contributed by atoms with Gasteiger partial charge in [-0.05, 0) is 61.4 Å². The summed E-state index contributed by atoms with van der Waals surface area (Å²) in [6, 6.07) is 10.5. The molecule has 4 heterocycles. The van der Waals surface area contributed by atoms with Crippen LogP contribution in [0.5, 0.6) is 0 Å². The molecule has 0 saturated carbocycles. The van der Waals surface area contributed by atoms with Crippen LogP contribution in [0.4, 0.5) is 0 Å². The maximum atomic E-state index is 12.5. The van der Waals surface area contributed by atoms with Crippen molar-refractivity contribution in [2.45, 2.75) is 64.7 Å². The van der Waals surface area contributed by atoms with Crippen LogP contribution in [0.1, 0.15) is 68.7 Å². The van der Waals surface area contributed by atoms with Gasteiger partial charge < -0.3 is 15.1 Å². The molecule has 2 atom stereocenters. The zero-order valence-corrected chi connectivity index (χ0v) is 21.5. The number of piperidine rings is 2. The third-order valence-corrected chi connectivity index (χ3v) is 7.69. The zero-order valence-electron chi connectivity index (χ0n) is 21.5. The summed E-state index contributed by atoms with van der Waals surface area (Å²) in [6.45, 7) is 8.63. The second-order valence-electron chi connectivity index (χ2n) is 10.2. The average molecular weight is 515 g/mol. The van der Waals surface area contributed by atoms with Crippen LogP contribution < -0.4 is 10.6 Å². The largest absolute Gasteiger partial charge is 0.329 e. The van der Waals surface area contributed by atoms with E-state index in [0.717, 1.165) is 39.9 Å². The summed E-state index contributed by atoms with van der Waals surface area (Å²) in [7, 11) is 0. The predicted octanol–water partition coefficient (Wildman–Crippen LogP) is 2.50. The highest BCUT2D eigenvalue weighted by Crippen LogP contribution is 2.31. The molecule has 0 aromatic heterocycles. The lowest BCUT2D eigenvalue weighted by molar-refractivity contribution is -0.137. The molecule has 38 heavy (non-hydrogen) atoms. The summed E-state index contributed by atoms with van der Waals surface area (Å²) in [6.07, 6.45) is 2.08. The summed E-state index contributed by atoms with van der Waals surface area (Å²) < 4.78 is 0. The van der Waals surface area contributed by atoms with Gasteiger partial charge in [0.05, 0.1) is 0 Å². The lowest BCUT2D eigenvalue weighted by atomic mass is 10.0. The molecule has 2 aromatic carbocycles.